The van der Waals surface area contributed by atoms with E-state index in [1.807, 2.05) is 30.3 Å². The molecule has 0 radical (unpaired) electrons. The molecule has 0 spiro atoms. The van der Waals surface area contributed by atoms with E-state index in [9.17, 15) is 9.59 Å². The summed E-state index contributed by atoms with van der Waals surface area (Å²) >= 11 is 0. The van der Waals surface area contributed by atoms with Crippen LogP contribution in [0.2, 0.25) is 0 Å². The minimum Gasteiger partial charge on any atom is -0.408 e. The van der Waals surface area contributed by atoms with Crippen molar-refractivity contribution in [3.8, 4) is 0 Å². The number of benzene rings is 2. The average Bonchev–Trinajstić information content (AvgIpc) is 3.19. The quantitative estimate of drug-likeness (QED) is 0.546. The first-order chi connectivity index (χ1) is 14.5. The highest BCUT2D eigenvalue weighted by molar-refractivity contribution is 5.92. The number of carbonyl (C=O) groups excluding carboxylic acids is 1. The fraction of sp³-hybridized carbons (Fsp3) is 0.391. The van der Waals surface area contributed by atoms with Crippen LogP contribution in [0.3, 0.4) is 0 Å². The van der Waals surface area contributed by atoms with Gasteiger partial charge in [-0.3, -0.25) is 14.7 Å². The number of rotatable bonds is 6. The predicted octanol–water partition coefficient (Wildman–Crippen LogP) is 2.69. The van der Waals surface area contributed by atoms with Gasteiger partial charge >= 0.3 is 5.76 Å². The zero-order chi connectivity index (χ0) is 20.7. The molecule has 1 saturated carbocycles. The van der Waals surface area contributed by atoms with E-state index in [1.54, 1.807) is 6.07 Å². The van der Waals surface area contributed by atoms with Crippen LogP contribution in [0.5, 0.6) is 0 Å². The number of hydrogen-bond donors (Lipinski definition) is 3. The van der Waals surface area contributed by atoms with Crippen molar-refractivity contribution < 1.29 is 9.21 Å². The molecule has 30 heavy (non-hydrogen) atoms. The molecule has 0 bridgehead atoms. The number of aromatic amines is 1. The Kier molecular flexibility index (Phi) is 4.62. The van der Waals surface area contributed by atoms with Gasteiger partial charge in [0.2, 0.25) is 5.91 Å². The van der Waals surface area contributed by atoms with Crippen LogP contribution < -0.4 is 16.8 Å². The summed E-state index contributed by atoms with van der Waals surface area (Å²) < 4.78 is 5.08. The lowest BCUT2D eigenvalue weighted by Crippen LogP contribution is -2.41. The van der Waals surface area contributed by atoms with Gasteiger partial charge in [-0.2, -0.15) is 0 Å². The molecule has 1 amide bonds. The van der Waals surface area contributed by atoms with Crippen molar-refractivity contribution in [2.24, 2.45) is 0 Å². The zero-order valence-corrected chi connectivity index (χ0v) is 16.8. The SMILES string of the molecule is Nc1cccc(C(CNC(=O)C2(c3ccc4oc(=O)[nH]c4c3)CC2)N2CCCC2)c1. The largest absolute Gasteiger partial charge is 0.417 e. The maximum absolute atomic E-state index is 13.2. The Morgan fingerprint density at radius 3 is 2.73 bits per heavy atom. The van der Waals surface area contributed by atoms with Crippen molar-refractivity contribution in [3.63, 3.8) is 0 Å². The van der Waals surface area contributed by atoms with Gasteiger partial charge in [0.05, 0.1) is 17.0 Å². The van der Waals surface area contributed by atoms with Gasteiger partial charge in [0.25, 0.3) is 0 Å². The van der Waals surface area contributed by atoms with Crippen molar-refractivity contribution in [3.05, 3.63) is 64.1 Å². The van der Waals surface area contributed by atoms with Crippen LogP contribution in [0.1, 0.15) is 42.9 Å². The van der Waals surface area contributed by atoms with Gasteiger partial charge in [-0.05, 0) is 74.2 Å². The second-order valence-electron chi connectivity index (χ2n) is 8.45. The van der Waals surface area contributed by atoms with Crippen molar-refractivity contribution in [1.82, 2.24) is 15.2 Å². The third-order valence-corrected chi connectivity index (χ3v) is 6.49. The van der Waals surface area contributed by atoms with E-state index in [1.165, 1.54) is 12.8 Å². The molecule has 4 N–H and O–H groups in total. The van der Waals surface area contributed by atoms with Crippen LogP contribution in [-0.2, 0) is 10.2 Å². The molecule has 1 unspecified atom stereocenters. The zero-order valence-electron chi connectivity index (χ0n) is 16.8. The van der Waals surface area contributed by atoms with E-state index in [4.69, 9.17) is 10.2 Å². The molecule has 7 heteroatoms. The van der Waals surface area contributed by atoms with Gasteiger partial charge in [0.1, 0.15) is 0 Å². The van der Waals surface area contributed by atoms with Crippen molar-refractivity contribution >= 4 is 22.7 Å². The lowest BCUT2D eigenvalue weighted by Gasteiger charge is -2.29. The first-order valence-corrected chi connectivity index (χ1v) is 10.6. The number of nitrogens with one attached hydrogen (secondary N) is 2. The maximum atomic E-state index is 13.2. The number of carbonyl (C=O) groups is 1. The number of anilines is 1. The molecular formula is C23H26N4O3. The van der Waals surface area contributed by atoms with Gasteiger partial charge < -0.3 is 15.5 Å². The summed E-state index contributed by atoms with van der Waals surface area (Å²) in [4.78, 5) is 29.8. The third kappa shape index (κ3) is 3.39. The molecular weight excluding hydrogens is 380 g/mol. The van der Waals surface area contributed by atoms with Gasteiger partial charge in [-0.15, -0.1) is 0 Å². The van der Waals surface area contributed by atoms with Crippen molar-refractivity contribution in [1.29, 1.82) is 0 Å². The molecule has 1 aromatic heterocycles. The summed E-state index contributed by atoms with van der Waals surface area (Å²) in [6, 6.07) is 13.6. The van der Waals surface area contributed by atoms with Gasteiger partial charge in [-0.1, -0.05) is 18.2 Å². The Balaban J connectivity index is 1.35. The molecule has 1 saturated heterocycles. The summed E-state index contributed by atoms with van der Waals surface area (Å²) in [6.45, 7) is 2.62. The molecule has 2 heterocycles. The van der Waals surface area contributed by atoms with E-state index in [2.05, 4.69) is 21.3 Å². The van der Waals surface area contributed by atoms with E-state index in [-0.39, 0.29) is 11.9 Å². The van der Waals surface area contributed by atoms with Crippen LogP contribution in [0, 0.1) is 0 Å². The molecule has 156 valence electrons. The predicted molar refractivity (Wildman–Crippen MR) is 115 cm³/mol. The van der Waals surface area contributed by atoms with Crippen LogP contribution in [0.15, 0.2) is 51.7 Å². The minimum atomic E-state index is -0.520. The van der Waals surface area contributed by atoms with Crippen molar-refractivity contribution in [2.45, 2.75) is 37.1 Å². The lowest BCUT2D eigenvalue weighted by molar-refractivity contribution is -0.123. The molecule has 2 aliphatic rings. The molecule has 5 rings (SSSR count). The van der Waals surface area contributed by atoms with E-state index in [0.717, 1.165) is 42.7 Å². The number of nitrogen functional groups attached to an aromatic ring is 1. The molecule has 2 aromatic carbocycles. The Hall–Kier alpha value is -3.06. The van der Waals surface area contributed by atoms with Gasteiger partial charge in [-0.25, -0.2) is 4.79 Å². The van der Waals surface area contributed by atoms with Crippen molar-refractivity contribution in [2.75, 3.05) is 25.4 Å². The summed E-state index contributed by atoms with van der Waals surface area (Å²) in [5.74, 6) is -0.437. The first kappa shape index (κ1) is 18.9. The number of H-pyrrole nitrogens is 1. The number of nitrogens with two attached hydrogens (primary N) is 1. The van der Waals surface area contributed by atoms with Gasteiger partial charge in [0, 0.05) is 12.2 Å². The second kappa shape index (κ2) is 7.32. The Bertz CT molecular complexity index is 1140. The Labute approximate surface area is 174 Å². The standard InChI is InChI=1S/C23H26N4O3/c24-17-5-3-4-15(12-17)19(27-10-1-2-11-27)14-25-21(28)23(8-9-23)16-6-7-20-18(13-16)26-22(29)30-20/h3-7,12-13,19H,1-2,8-11,14,24H2,(H,25,28)(H,26,29). The molecule has 3 aromatic rings. The topological polar surface area (TPSA) is 104 Å². The normalized spacial score (nSPS) is 19.1. The number of hydrogen-bond acceptors (Lipinski definition) is 5. The van der Waals surface area contributed by atoms with Crippen LogP contribution >= 0.6 is 0 Å². The first-order valence-electron chi connectivity index (χ1n) is 10.6. The molecule has 1 aliphatic heterocycles. The van der Waals surface area contributed by atoms with E-state index < -0.39 is 11.2 Å². The fourth-order valence-electron chi connectivity index (χ4n) is 4.66. The molecule has 1 atom stereocenters. The third-order valence-electron chi connectivity index (χ3n) is 6.49. The number of aromatic nitrogens is 1. The highest BCUT2D eigenvalue weighted by Crippen LogP contribution is 2.49. The summed E-state index contributed by atoms with van der Waals surface area (Å²) in [5.41, 5.74) is 9.44. The Morgan fingerprint density at radius 1 is 1.20 bits per heavy atom. The molecule has 2 fully saturated rings. The maximum Gasteiger partial charge on any atom is 0.417 e. The highest BCUT2D eigenvalue weighted by Gasteiger charge is 2.51. The van der Waals surface area contributed by atoms with E-state index in [0.29, 0.717) is 17.6 Å². The monoisotopic (exact) mass is 406 g/mol. The smallest absolute Gasteiger partial charge is 0.408 e. The highest BCUT2D eigenvalue weighted by atomic mass is 16.4. The fourth-order valence-corrected chi connectivity index (χ4v) is 4.66. The minimum absolute atomic E-state index is 0.0424. The van der Waals surface area contributed by atoms with Crippen LogP contribution in [0.4, 0.5) is 5.69 Å². The number of nitrogens with zero attached hydrogens (tertiary/aromatic N) is 1. The van der Waals surface area contributed by atoms with E-state index >= 15 is 0 Å². The van der Waals surface area contributed by atoms with Crippen LogP contribution in [-0.4, -0.2) is 35.4 Å². The second-order valence-corrected chi connectivity index (χ2v) is 8.45. The Morgan fingerprint density at radius 2 is 2.00 bits per heavy atom. The number of oxazole rings is 1. The van der Waals surface area contributed by atoms with Crippen LogP contribution in [0.25, 0.3) is 11.1 Å². The molecule has 7 nitrogen and oxygen atoms in total. The number of fused-ring (bicyclic) bond motifs is 1. The average molecular weight is 406 g/mol. The molecule has 1 aliphatic carbocycles. The van der Waals surface area contributed by atoms with Gasteiger partial charge in [0.15, 0.2) is 5.58 Å². The lowest BCUT2D eigenvalue weighted by atomic mass is 9.94. The summed E-state index contributed by atoms with van der Waals surface area (Å²) in [6.07, 6.45) is 3.97. The number of likely N-dealkylation sites (tertiary alicyclic amines) is 1. The summed E-state index contributed by atoms with van der Waals surface area (Å²) in [7, 11) is 0. The summed E-state index contributed by atoms with van der Waals surface area (Å²) in [5, 5.41) is 3.22. The number of amides is 1.